The maximum Gasteiger partial charge on any atom is 0.271 e. The monoisotopic (exact) mass is 400 g/mol. The summed E-state index contributed by atoms with van der Waals surface area (Å²) in [6.45, 7) is 4.71. The van der Waals surface area contributed by atoms with Crippen molar-refractivity contribution in [1.82, 2.24) is 20.6 Å². The van der Waals surface area contributed by atoms with Gasteiger partial charge in [0.2, 0.25) is 5.91 Å². The second kappa shape index (κ2) is 11.0. The van der Waals surface area contributed by atoms with Gasteiger partial charge in [-0.25, -0.2) is 9.97 Å². The molecule has 2 amide bonds. The van der Waals surface area contributed by atoms with Crippen molar-refractivity contribution in [3.05, 3.63) is 41.9 Å². The standard InChI is InChI=1S/C20H28N6O3/c1-4-14-12-24-19(17(25-14)18(21)27)26-15-7-5-8-16(11-15)29-10-6-9-23-20(28)13(2)22-3/h5,7-8,11-13,22H,4,6,9-10H2,1-3H3,(H2,21,27)(H,23,28)(H,24,26)/t13-/m0/s1. The van der Waals surface area contributed by atoms with Crippen LogP contribution in [-0.2, 0) is 11.2 Å². The lowest BCUT2D eigenvalue weighted by molar-refractivity contribution is -0.122. The predicted octanol–water partition coefficient (Wildman–Crippen LogP) is 1.37. The first kappa shape index (κ1) is 22.1. The van der Waals surface area contributed by atoms with Crippen molar-refractivity contribution in [2.45, 2.75) is 32.7 Å². The predicted molar refractivity (Wildman–Crippen MR) is 111 cm³/mol. The number of nitrogens with zero attached hydrogens (tertiary/aromatic N) is 2. The summed E-state index contributed by atoms with van der Waals surface area (Å²) in [7, 11) is 1.74. The Morgan fingerprint density at radius 3 is 2.79 bits per heavy atom. The van der Waals surface area contributed by atoms with E-state index < -0.39 is 5.91 Å². The van der Waals surface area contributed by atoms with Gasteiger partial charge in [0.05, 0.1) is 24.5 Å². The summed E-state index contributed by atoms with van der Waals surface area (Å²) < 4.78 is 5.73. The number of carbonyl (C=O) groups is 2. The van der Waals surface area contributed by atoms with Gasteiger partial charge in [0.1, 0.15) is 5.75 Å². The highest BCUT2D eigenvalue weighted by Gasteiger charge is 2.13. The van der Waals surface area contributed by atoms with E-state index in [1.807, 2.05) is 25.1 Å². The second-order valence-electron chi connectivity index (χ2n) is 6.43. The van der Waals surface area contributed by atoms with E-state index in [1.165, 1.54) is 0 Å². The normalized spacial score (nSPS) is 11.6. The van der Waals surface area contributed by atoms with E-state index in [-0.39, 0.29) is 17.6 Å². The molecule has 0 bridgehead atoms. The maximum atomic E-state index is 11.7. The molecule has 1 heterocycles. The molecule has 0 unspecified atom stereocenters. The number of nitrogens with one attached hydrogen (secondary N) is 3. The number of amides is 2. The molecule has 1 atom stereocenters. The summed E-state index contributed by atoms with van der Waals surface area (Å²) in [6, 6.07) is 7.05. The van der Waals surface area contributed by atoms with E-state index in [0.29, 0.717) is 48.9 Å². The molecule has 156 valence electrons. The second-order valence-corrected chi connectivity index (χ2v) is 6.43. The number of aromatic nitrogens is 2. The van der Waals surface area contributed by atoms with Crippen LogP contribution < -0.4 is 26.4 Å². The van der Waals surface area contributed by atoms with E-state index >= 15 is 0 Å². The number of ether oxygens (including phenoxy) is 1. The van der Waals surface area contributed by atoms with Gasteiger partial charge >= 0.3 is 0 Å². The van der Waals surface area contributed by atoms with Crippen molar-refractivity contribution < 1.29 is 14.3 Å². The first-order chi connectivity index (χ1) is 13.9. The van der Waals surface area contributed by atoms with Crippen LogP contribution >= 0.6 is 0 Å². The van der Waals surface area contributed by atoms with Gasteiger partial charge in [-0.2, -0.15) is 0 Å². The Labute approximate surface area is 170 Å². The molecule has 0 saturated heterocycles. The fraction of sp³-hybridized carbons (Fsp3) is 0.400. The Morgan fingerprint density at radius 2 is 2.10 bits per heavy atom. The lowest BCUT2D eigenvalue weighted by Gasteiger charge is -2.12. The lowest BCUT2D eigenvalue weighted by Crippen LogP contribution is -2.40. The molecule has 9 heteroatoms. The average molecular weight is 400 g/mol. The molecule has 5 N–H and O–H groups in total. The number of hydrogen-bond donors (Lipinski definition) is 4. The number of hydrogen-bond acceptors (Lipinski definition) is 7. The molecule has 0 aliphatic carbocycles. The number of carbonyl (C=O) groups excluding carboxylic acids is 2. The van der Waals surface area contributed by atoms with Crippen molar-refractivity contribution in [2.75, 3.05) is 25.5 Å². The fourth-order valence-corrected chi connectivity index (χ4v) is 2.42. The fourth-order valence-electron chi connectivity index (χ4n) is 2.42. The molecule has 0 aliphatic rings. The minimum atomic E-state index is -0.641. The minimum absolute atomic E-state index is 0.0425. The zero-order chi connectivity index (χ0) is 21.2. The minimum Gasteiger partial charge on any atom is -0.493 e. The molecule has 0 fully saturated rings. The molecule has 29 heavy (non-hydrogen) atoms. The van der Waals surface area contributed by atoms with Crippen molar-refractivity contribution in [3.8, 4) is 5.75 Å². The van der Waals surface area contributed by atoms with E-state index in [2.05, 4.69) is 25.9 Å². The van der Waals surface area contributed by atoms with Crippen LogP contribution in [0.3, 0.4) is 0 Å². The number of anilines is 2. The molecular weight excluding hydrogens is 372 g/mol. The third-order valence-corrected chi connectivity index (χ3v) is 4.23. The number of likely N-dealkylation sites (N-methyl/N-ethyl adjacent to an activating group) is 1. The van der Waals surface area contributed by atoms with Gasteiger partial charge < -0.3 is 26.4 Å². The summed E-state index contributed by atoms with van der Waals surface area (Å²) in [5.41, 5.74) is 6.91. The Balaban J connectivity index is 1.92. The Kier molecular flexibility index (Phi) is 8.35. The summed E-state index contributed by atoms with van der Waals surface area (Å²) >= 11 is 0. The number of rotatable bonds is 11. The number of aryl methyl sites for hydroxylation is 1. The van der Waals surface area contributed by atoms with Gasteiger partial charge in [0.25, 0.3) is 5.91 Å². The van der Waals surface area contributed by atoms with Crippen LogP contribution in [0.25, 0.3) is 0 Å². The highest BCUT2D eigenvalue weighted by Crippen LogP contribution is 2.22. The molecule has 9 nitrogen and oxygen atoms in total. The average Bonchev–Trinajstić information content (AvgIpc) is 2.73. The molecule has 1 aromatic carbocycles. The SMILES string of the molecule is CCc1cnc(Nc2cccc(OCCCNC(=O)[C@H](C)NC)c2)c(C(N)=O)n1. The van der Waals surface area contributed by atoms with E-state index in [0.717, 1.165) is 0 Å². The van der Waals surface area contributed by atoms with Gasteiger partial charge in [-0.15, -0.1) is 0 Å². The smallest absolute Gasteiger partial charge is 0.271 e. The van der Waals surface area contributed by atoms with Gasteiger partial charge in [-0.05, 0) is 38.9 Å². The van der Waals surface area contributed by atoms with Crippen LogP contribution in [0.1, 0.15) is 36.5 Å². The highest BCUT2D eigenvalue weighted by atomic mass is 16.5. The molecular formula is C20H28N6O3. The van der Waals surface area contributed by atoms with E-state index in [9.17, 15) is 9.59 Å². The Morgan fingerprint density at radius 1 is 1.31 bits per heavy atom. The Hall–Kier alpha value is -3.20. The quantitative estimate of drug-likeness (QED) is 0.419. The number of benzene rings is 1. The zero-order valence-electron chi connectivity index (χ0n) is 17.0. The first-order valence-electron chi connectivity index (χ1n) is 9.55. The summed E-state index contributed by atoms with van der Waals surface area (Å²) in [6.07, 6.45) is 2.94. The maximum absolute atomic E-state index is 11.7. The molecule has 0 aliphatic heterocycles. The van der Waals surface area contributed by atoms with Crippen LogP contribution in [0, 0.1) is 0 Å². The zero-order valence-corrected chi connectivity index (χ0v) is 17.0. The van der Waals surface area contributed by atoms with Crippen molar-refractivity contribution in [2.24, 2.45) is 5.73 Å². The van der Waals surface area contributed by atoms with Gasteiger partial charge in [0.15, 0.2) is 11.5 Å². The van der Waals surface area contributed by atoms with Gasteiger partial charge in [-0.3, -0.25) is 9.59 Å². The first-order valence-corrected chi connectivity index (χ1v) is 9.55. The molecule has 0 saturated carbocycles. The van der Waals surface area contributed by atoms with Crippen LogP contribution in [0.4, 0.5) is 11.5 Å². The number of nitrogens with two attached hydrogens (primary N) is 1. The third-order valence-electron chi connectivity index (χ3n) is 4.23. The van der Waals surface area contributed by atoms with Gasteiger partial charge in [0, 0.05) is 18.3 Å². The largest absolute Gasteiger partial charge is 0.493 e. The van der Waals surface area contributed by atoms with Gasteiger partial charge in [-0.1, -0.05) is 13.0 Å². The molecule has 0 radical (unpaired) electrons. The molecule has 2 aromatic rings. The molecule has 0 spiro atoms. The summed E-state index contributed by atoms with van der Waals surface area (Å²) in [5, 5.41) is 8.79. The van der Waals surface area contributed by atoms with Crippen molar-refractivity contribution in [3.63, 3.8) is 0 Å². The van der Waals surface area contributed by atoms with Crippen LogP contribution in [-0.4, -0.2) is 48.0 Å². The third kappa shape index (κ3) is 6.72. The molecule has 2 rings (SSSR count). The van der Waals surface area contributed by atoms with Crippen molar-refractivity contribution >= 4 is 23.3 Å². The van der Waals surface area contributed by atoms with Crippen LogP contribution in [0.5, 0.6) is 5.75 Å². The van der Waals surface area contributed by atoms with Crippen LogP contribution in [0.2, 0.25) is 0 Å². The van der Waals surface area contributed by atoms with E-state index in [4.69, 9.17) is 10.5 Å². The van der Waals surface area contributed by atoms with E-state index in [1.54, 1.807) is 26.2 Å². The lowest BCUT2D eigenvalue weighted by atomic mass is 10.2. The summed E-state index contributed by atoms with van der Waals surface area (Å²) in [4.78, 5) is 31.9. The number of primary amides is 1. The molecule has 1 aromatic heterocycles. The van der Waals surface area contributed by atoms with Crippen LogP contribution in [0.15, 0.2) is 30.5 Å². The topological polar surface area (TPSA) is 131 Å². The van der Waals surface area contributed by atoms with Crippen molar-refractivity contribution in [1.29, 1.82) is 0 Å². The Bertz CT molecular complexity index is 843. The summed E-state index contributed by atoms with van der Waals surface area (Å²) in [5.74, 6) is 0.272. The highest BCUT2D eigenvalue weighted by molar-refractivity contribution is 5.96.